The number of ether oxygens (including phenoxy) is 2. The lowest BCUT2D eigenvalue weighted by Crippen LogP contribution is -2.12. The molecule has 1 rings (SSSR count). The maximum absolute atomic E-state index is 12.6. The summed E-state index contributed by atoms with van der Waals surface area (Å²) in [4.78, 5) is 25.1. The fraction of sp³-hybridized carbons (Fsp3) is 0.829. The SMILES string of the molecule is CCCCCCCCCCCCCC(=O)Oc1c(C)oc(CC)c1OC(=O)CCCCCCCCCCCCC. The molecule has 1 aromatic rings. The molecule has 0 bridgehead atoms. The minimum atomic E-state index is -0.287. The molecule has 0 saturated heterocycles. The van der Waals surface area contributed by atoms with E-state index in [0.29, 0.717) is 36.5 Å². The van der Waals surface area contributed by atoms with Gasteiger partial charge in [0.2, 0.25) is 11.5 Å². The summed E-state index contributed by atoms with van der Waals surface area (Å²) in [6.07, 6.45) is 28.5. The monoisotopic (exact) mass is 562 g/mol. The molecule has 0 fully saturated rings. The lowest BCUT2D eigenvalue weighted by Gasteiger charge is -2.08. The second-order valence-corrected chi connectivity index (χ2v) is 11.6. The smallest absolute Gasteiger partial charge is 0.311 e. The van der Waals surface area contributed by atoms with Crippen molar-refractivity contribution in [1.29, 1.82) is 0 Å². The zero-order chi connectivity index (χ0) is 29.3. The first-order chi connectivity index (χ1) is 19.5. The number of furan rings is 1. The van der Waals surface area contributed by atoms with Gasteiger partial charge in [-0.15, -0.1) is 0 Å². The molecule has 5 nitrogen and oxygen atoms in total. The number of carbonyl (C=O) groups excluding carboxylic acids is 2. The molecule has 0 amide bonds. The van der Waals surface area contributed by atoms with Crippen molar-refractivity contribution in [3.8, 4) is 11.5 Å². The molecule has 5 heteroatoms. The zero-order valence-electron chi connectivity index (χ0n) is 26.7. The Kier molecular flexibility index (Phi) is 22.6. The highest BCUT2D eigenvalue weighted by Crippen LogP contribution is 2.39. The molecule has 0 aromatic carbocycles. The summed E-state index contributed by atoms with van der Waals surface area (Å²) < 4.78 is 17.1. The van der Waals surface area contributed by atoms with E-state index in [1.807, 2.05) is 6.92 Å². The Morgan fingerprint density at radius 2 is 0.825 bits per heavy atom. The van der Waals surface area contributed by atoms with E-state index >= 15 is 0 Å². The Morgan fingerprint density at radius 1 is 0.500 bits per heavy atom. The third kappa shape index (κ3) is 17.8. The number of esters is 2. The Balaban J connectivity index is 2.26. The lowest BCUT2D eigenvalue weighted by molar-refractivity contribution is -0.137. The van der Waals surface area contributed by atoms with Crippen LogP contribution in [0.2, 0.25) is 0 Å². The van der Waals surface area contributed by atoms with Crippen molar-refractivity contribution >= 4 is 11.9 Å². The van der Waals surface area contributed by atoms with Gasteiger partial charge in [-0.3, -0.25) is 9.59 Å². The molecule has 0 N–H and O–H groups in total. The van der Waals surface area contributed by atoms with Gasteiger partial charge in [-0.1, -0.05) is 149 Å². The van der Waals surface area contributed by atoms with Gasteiger partial charge in [-0.2, -0.15) is 0 Å². The van der Waals surface area contributed by atoms with Crippen LogP contribution < -0.4 is 9.47 Å². The predicted molar refractivity (Wildman–Crippen MR) is 166 cm³/mol. The lowest BCUT2D eigenvalue weighted by atomic mass is 10.1. The molecular weight excluding hydrogens is 500 g/mol. The minimum absolute atomic E-state index is 0.275. The summed E-state index contributed by atoms with van der Waals surface area (Å²) in [6.45, 7) is 8.20. The second-order valence-electron chi connectivity index (χ2n) is 11.6. The number of aryl methyl sites for hydroxylation is 2. The largest absolute Gasteiger partial charge is 0.458 e. The average molecular weight is 563 g/mol. The van der Waals surface area contributed by atoms with Gasteiger partial charge in [-0.05, 0) is 19.8 Å². The molecular formula is C35H62O5. The van der Waals surface area contributed by atoms with E-state index in [1.54, 1.807) is 6.92 Å². The normalized spacial score (nSPS) is 11.2. The Labute approximate surface area is 246 Å². The third-order valence-electron chi connectivity index (χ3n) is 7.78. The van der Waals surface area contributed by atoms with Crippen LogP contribution in [0.3, 0.4) is 0 Å². The first-order valence-electron chi connectivity index (χ1n) is 17.1. The molecule has 0 aliphatic rings. The molecule has 1 heterocycles. The topological polar surface area (TPSA) is 65.7 Å². The van der Waals surface area contributed by atoms with Crippen molar-refractivity contribution in [2.45, 2.75) is 188 Å². The average Bonchev–Trinajstić information content (AvgIpc) is 3.23. The molecule has 1 aromatic heterocycles. The Hall–Kier alpha value is -1.78. The van der Waals surface area contributed by atoms with Crippen LogP contribution in [-0.4, -0.2) is 11.9 Å². The first kappa shape index (κ1) is 36.2. The van der Waals surface area contributed by atoms with Crippen molar-refractivity contribution in [1.82, 2.24) is 0 Å². The Morgan fingerprint density at radius 3 is 1.18 bits per heavy atom. The molecule has 0 radical (unpaired) electrons. The molecule has 232 valence electrons. The fourth-order valence-electron chi connectivity index (χ4n) is 5.22. The van der Waals surface area contributed by atoms with Gasteiger partial charge in [0.25, 0.3) is 0 Å². The van der Waals surface area contributed by atoms with Crippen LogP contribution in [0.5, 0.6) is 11.5 Å². The summed E-state index contributed by atoms with van der Waals surface area (Å²) in [5.41, 5.74) is 0. The van der Waals surface area contributed by atoms with Crippen molar-refractivity contribution in [3.63, 3.8) is 0 Å². The number of carbonyl (C=O) groups is 2. The molecule has 0 unspecified atom stereocenters. The van der Waals surface area contributed by atoms with Crippen LogP contribution in [0, 0.1) is 6.92 Å². The predicted octanol–water partition coefficient (Wildman–Crippen LogP) is 11.4. The maximum Gasteiger partial charge on any atom is 0.311 e. The highest BCUT2D eigenvalue weighted by molar-refractivity contribution is 5.77. The van der Waals surface area contributed by atoms with Gasteiger partial charge >= 0.3 is 11.9 Å². The van der Waals surface area contributed by atoms with E-state index < -0.39 is 0 Å². The minimum Gasteiger partial charge on any atom is -0.458 e. The van der Waals surface area contributed by atoms with Gasteiger partial charge in [0, 0.05) is 19.3 Å². The molecule has 0 aliphatic carbocycles. The summed E-state index contributed by atoms with van der Waals surface area (Å²) >= 11 is 0. The Bertz CT molecular complexity index is 766. The van der Waals surface area contributed by atoms with Crippen molar-refractivity contribution in [2.24, 2.45) is 0 Å². The molecule has 40 heavy (non-hydrogen) atoms. The summed E-state index contributed by atoms with van der Waals surface area (Å²) in [5.74, 6) is 1.04. The van der Waals surface area contributed by atoms with Crippen LogP contribution in [0.25, 0.3) is 0 Å². The maximum atomic E-state index is 12.6. The van der Waals surface area contributed by atoms with E-state index in [1.165, 1.54) is 103 Å². The number of hydrogen-bond acceptors (Lipinski definition) is 5. The standard InChI is InChI=1S/C35H62O5/c1-5-8-10-12-14-16-18-20-22-24-26-28-32(36)39-34-30(4)38-31(7-3)35(34)40-33(37)29-27-25-23-21-19-17-15-13-11-9-6-2/h5-29H2,1-4H3. The molecule has 0 saturated carbocycles. The van der Waals surface area contributed by atoms with Gasteiger partial charge < -0.3 is 13.9 Å². The van der Waals surface area contributed by atoms with Gasteiger partial charge in [0.1, 0.15) is 5.76 Å². The number of unbranched alkanes of at least 4 members (excludes halogenated alkanes) is 20. The van der Waals surface area contributed by atoms with E-state index in [0.717, 1.165) is 38.5 Å². The number of hydrogen-bond donors (Lipinski definition) is 0. The highest BCUT2D eigenvalue weighted by atomic mass is 16.6. The zero-order valence-corrected chi connectivity index (χ0v) is 26.7. The third-order valence-corrected chi connectivity index (χ3v) is 7.78. The van der Waals surface area contributed by atoms with Crippen molar-refractivity contribution in [2.75, 3.05) is 0 Å². The van der Waals surface area contributed by atoms with E-state index in [2.05, 4.69) is 13.8 Å². The highest BCUT2D eigenvalue weighted by Gasteiger charge is 2.24. The van der Waals surface area contributed by atoms with Crippen molar-refractivity contribution in [3.05, 3.63) is 11.5 Å². The quantitative estimate of drug-likeness (QED) is 0.0788. The summed E-state index contributed by atoms with van der Waals surface area (Å²) in [7, 11) is 0. The summed E-state index contributed by atoms with van der Waals surface area (Å²) in [6, 6.07) is 0. The van der Waals surface area contributed by atoms with E-state index in [9.17, 15) is 9.59 Å². The first-order valence-corrected chi connectivity index (χ1v) is 17.1. The second kappa shape index (κ2) is 25.0. The van der Waals surface area contributed by atoms with Crippen molar-refractivity contribution < 1.29 is 23.5 Å². The fourth-order valence-corrected chi connectivity index (χ4v) is 5.22. The summed E-state index contributed by atoms with van der Waals surface area (Å²) in [5, 5.41) is 0. The van der Waals surface area contributed by atoms with Gasteiger partial charge in [-0.25, -0.2) is 0 Å². The van der Waals surface area contributed by atoms with Crippen LogP contribution in [0.15, 0.2) is 4.42 Å². The molecule has 0 spiro atoms. The van der Waals surface area contributed by atoms with Crippen LogP contribution in [-0.2, 0) is 16.0 Å². The van der Waals surface area contributed by atoms with Gasteiger partial charge in [0.05, 0.1) is 0 Å². The van der Waals surface area contributed by atoms with Gasteiger partial charge in [0.15, 0.2) is 5.76 Å². The number of rotatable bonds is 27. The van der Waals surface area contributed by atoms with Crippen LogP contribution in [0.1, 0.15) is 186 Å². The van der Waals surface area contributed by atoms with E-state index in [-0.39, 0.29) is 17.7 Å². The molecule has 0 aliphatic heterocycles. The van der Waals surface area contributed by atoms with Crippen LogP contribution in [0.4, 0.5) is 0 Å². The van der Waals surface area contributed by atoms with Crippen LogP contribution >= 0.6 is 0 Å². The van der Waals surface area contributed by atoms with E-state index in [4.69, 9.17) is 13.9 Å². The molecule has 0 atom stereocenters.